The lowest BCUT2D eigenvalue weighted by Crippen LogP contribution is -2.21. The average molecular weight is 373 g/mol. The van der Waals surface area contributed by atoms with Gasteiger partial charge in [0.1, 0.15) is 6.61 Å². The van der Waals surface area contributed by atoms with Gasteiger partial charge in [-0.1, -0.05) is 0 Å². The monoisotopic (exact) mass is 373 g/mol. The Balaban J connectivity index is 1.56. The van der Waals surface area contributed by atoms with Gasteiger partial charge in [0, 0.05) is 18.0 Å². The maximum absolute atomic E-state index is 12.4. The second-order valence-corrected chi connectivity index (χ2v) is 6.73. The minimum absolute atomic E-state index is 0.198. The number of hydrogen-bond donors (Lipinski definition) is 1. The van der Waals surface area contributed by atoms with E-state index in [1.807, 2.05) is 6.07 Å². The molecule has 0 amide bonds. The Labute approximate surface area is 153 Å². The molecular formula is C19H17F2N3O3. The van der Waals surface area contributed by atoms with E-state index < -0.39 is 24.6 Å². The van der Waals surface area contributed by atoms with E-state index >= 15 is 0 Å². The summed E-state index contributed by atoms with van der Waals surface area (Å²) >= 11 is 0. The number of aromatic carboxylic acids is 1. The van der Waals surface area contributed by atoms with E-state index in [9.17, 15) is 13.6 Å². The lowest BCUT2D eigenvalue weighted by molar-refractivity contribution is -0.0369. The van der Waals surface area contributed by atoms with Gasteiger partial charge in [0.25, 0.3) is 6.43 Å². The predicted octanol–water partition coefficient (Wildman–Crippen LogP) is 3.48. The fourth-order valence-corrected chi connectivity index (χ4v) is 3.12. The highest BCUT2D eigenvalue weighted by Gasteiger charge is 2.44. The highest BCUT2D eigenvalue weighted by atomic mass is 19.3. The van der Waals surface area contributed by atoms with Crippen LogP contribution in [0.4, 0.5) is 8.78 Å². The highest BCUT2D eigenvalue weighted by Crippen LogP contribution is 2.42. The van der Waals surface area contributed by atoms with Crippen LogP contribution in [0.15, 0.2) is 42.7 Å². The van der Waals surface area contributed by atoms with Crippen LogP contribution in [-0.2, 0) is 11.2 Å². The topological polar surface area (TPSA) is 77.2 Å². The number of alkyl halides is 2. The molecule has 3 aromatic rings. The lowest BCUT2D eigenvalue weighted by atomic mass is 10.1. The molecule has 27 heavy (non-hydrogen) atoms. The second-order valence-electron chi connectivity index (χ2n) is 6.73. The van der Waals surface area contributed by atoms with Crippen molar-refractivity contribution < 1.29 is 23.4 Å². The molecule has 1 aliphatic carbocycles. The predicted molar refractivity (Wildman–Crippen MR) is 93.4 cm³/mol. The van der Waals surface area contributed by atoms with Crippen LogP contribution in [0.1, 0.15) is 28.8 Å². The van der Waals surface area contributed by atoms with Crippen molar-refractivity contribution in [2.75, 3.05) is 6.61 Å². The fraction of sp³-hybridized carbons (Fsp3) is 0.316. The van der Waals surface area contributed by atoms with Crippen LogP contribution in [0, 0.1) is 0 Å². The summed E-state index contributed by atoms with van der Waals surface area (Å²) in [5.41, 5.74) is 1.96. The van der Waals surface area contributed by atoms with Gasteiger partial charge in [-0.25, -0.2) is 23.2 Å². The second kappa shape index (κ2) is 6.70. The zero-order chi connectivity index (χ0) is 19.0. The van der Waals surface area contributed by atoms with Gasteiger partial charge >= 0.3 is 5.97 Å². The molecule has 1 fully saturated rings. The van der Waals surface area contributed by atoms with Crippen LogP contribution in [0.3, 0.4) is 0 Å². The van der Waals surface area contributed by atoms with E-state index in [0.29, 0.717) is 17.8 Å². The van der Waals surface area contributed by atoms with Gasteiger partial charge in [0.15, 0.2) is 5.65 Å². The van der Waals surface area contributed by atoms with Crippen LogP contribution in [0.25, 0.3) is 16.7 Å². The molecule has 0 saturated heterocycles. The third-order valence-electron chi connectivity index (χ3n) is 4.67. The van der Waals surface area contributed by atoms with Crippen molar-refractivity contribution in [1.82, 2.24) is 14.8 Å². The van der Waals surface area contributed by atoms with Crippen molar-refractivity contribution in [2.24, 2.45) is 0 Å². The fourth-order valence-electron chi connectivity index (χ4n) is 3.12. The van der Waals surface area contributed by atoms with E-state index in [4.69, 9.17) is 9.84 Å². The normalized spacial score (nSPS) is 15.4. The molecule has 140 valence electrons. The Morgan fingerprint density at radius 1 is 1.26 bits per heavy atom. The summed E-state index contributed by atoms with van der Waals surface area (Å²) in [6.07, 6.45) is 3.00. The number of fused-ring (bicyclic) bond motifs is 1. The van der Waals surface area contributed by atoms with Crippen molar-refractivity contribution >= 4 is 17.0 Å². The maximum Gasteiger partial charge on any atom is 0.335 e. The first-order valence-corrected chi connectivity index (χ1v) is 8.54. The Morgan fingerprint density at radius 3 is 2.63 bits per heavy atom. The molecule has 0 bridgehead atoms. The van der Waals surface area contributed by atoms with Crippen LogP contribution >= 0.6 is 0 Å². The van der Waals surface area contributed by atoms with Crippen molar-refractivity contribution in [3.63, 3.8) is 0 Å². The number of nitrogens with zero attached hydrogens (tertiary/aromatic N) is 3. The Morgan fingerprint density at radius 2 is 2.00 bits per heavy atom. The first-order valence-electron chi connectivity index (χ1n) is 8.54. The smallest absolute Gasteiger partial charge is 0.335 e. The molecule has 4 rings (SSSR count). The summed E-state index contributed by atoms with van der Waals surface area (Å²) in [7, 11) is 0. The first-order chi connectivity index (χ1) is 13.0. The number of hydrogen-bond acceptors (Lipinski definition) is 4. The lowest BCUT2D eigenvalue weighted by Gasteiger charge is -2.16. The van der Waals surface area contributed by atoms with Crippen LogP contribution in [0.2, 0.25) is 0 Å². The molecule has 0 spiro atoms. The van der Waals surface area contributed by atoms with Crippen LogP contribution < -0.4 is 0 Å². The number of pyridine rings is 1. The van der Waals surface area contributed by atoms with Crippen LogP contribution in [0.5, 0.6) is 0 Å². The molecule has 0 radical (unpaired) electrons. The van der Waals surface area contributed by atoms with Crippen molar-refractivity contribution in [1.29, 1.82) is 0 Å². The average Bonchev–Trinajstić information content (AvgIpc) is 3.29. The molecule has 1 saturated carbocycles. The molecule has 0 atom stereocenters. The van der Waals surface area contributed by atoms with Gasteiger partial charge in [0.05, 0.1) is 23.0 Å². The van der Waals surface area contributed by atoms with Gasteiger partial charge in [-0.15, -0.1) is 0 Å². The Bertz CT molecular complexity index is 982. The third kappa shape index (κ3) is 3.66. The summed E-state index contributed by atoms with van der Waals surface area (Å²) in [4.78, 5) is 15.4. The summed E-state index contributed by atoms with van der Waals surface area (Å²) in [5.74, 6) is -0.988. The van der Waals surface area contributed by atoms with E-state index in [1.54, 1.807) is 29.2 Å². The van der Waals surface area contributed by atoms with E-state index in [1.165, 1.54) is 12.1 Å². The Hall–Kier alpha value is -2.87. The molecule has 2 heterocycles. The van der Waals surface area contributed by atoms with Gasteiger partial charge in [0.2, 0.25) is 0 Å². The zero-order valence-corrected chi connectivity index (χ0v) is 14.3. The number of benzene rings is 1. The maximum atomic E-state index is 12.4. The molecule has 0 aliphatic heterocycles. The van der Waals surface area contributed by atoms with Gasteiger partial charge in [-0.2, -0.15) is 5.10 Å². The molecule has 1 N–H and O–H groups in total. The van der Waals surface area contributed by atoms with E-state index in [0.717, 1.165) is 23.8 Å². The molecule has 1 aliphatic rings. The van der Waals surface area contributed by atoms with E-state index in [2.05, 4.69) is 10.1 Å². The van der Waals surface area contributed by atoms with Gasteiger partial charge in [-0.3, -0.25) is 0 Å². The SMILES string of the molecule is O=C(O)c1ccc(-n2ncc3cc(CC4(OCC(F)F)CC4)cnc32)cc1. The Kier molecular flexibility index (Phi) is 4.35. The van der Waals surface area contributed by atoms with Gasteiger partial charge < -0.3 is 9.84 Å². The minimum Gasteiger partial charge on any atom is -0.478 e. The summed E-state index contributed by atoms with van der Waals surface area (Å²) < 4.78 is 31.8. The van der Waals surface area contributed by atoms with E-state index in [-0.39, 0.29) is 5.56 Å². The standard InChI is InChI=1S/C19H17F2N3O3/c20-16(21)11-27-19(5-6-19)8-12-7-14-10-23-24(17(14)22-9-12)15-3-1-13(2-4-15)18(25)26/h1-4,7,9-10,16H,5-6,8,11H2,(H,25,26). The quantitative estimate of drug-likeness (QED) is 0.686. The van der Waals surface area contributed by atoms with Gasteiger partial charge in [-0.05, 0) is 48.7 Å². The first kappa shape index (κ1) is 17.5. The van der Waals surface area contributed by atoms with Crippen molar-refractivity contribution in [2.45, 2.75) is 31.3 Å². The number of carboxylic acids is 1. The molecule has 8 heteroatoms. The minimum atomic E-state index is -2.46. The molecule has 2 aromatic heterocycles. The van der Waals surface area contributed by atoms with Crippen molar-refractivity contribution in [3.05, 3.63) is 53.9 Å². The largest absolute Gasteiger partial charge is 0.478 e. The molecule has 0 unspecified atom stereocenters. The molecule has 1 aromatic carbocycles. The molecular weight excluding hydrogens is 356 g/mol. The number of rotatable bonds is 7. The summed E-state index contributed by atoms with van der Waals surface area (Å²) in [5, 5.41) is 14.1. The third-order valence-corrected chi connectivity index (χ3v) is 4.67. The van der Waals surface area contributed by atoms with Crippen LogP contribution in [-0.4, -0.2) is 44.5 Å². The number of carboxylic acid groups (broad SMARTS) is 1. The number of halogens is 2. The highest BCUT2D eigenvalue weighted by molar-refractivity contribution is 5.87. The number of carbonyl (C=O) groups is 1. The zero-order valence-electron chi connectivity index (χ0n) is 14.3. The number of ether oxygens (including phenoxy) is 1. The molecule has 6 nitrogen and oxygen atoms in total. The summed E-state index contributed by atoms with van der Waals surface area (Å²) in [6.45, 7) is -0.542. The number of aromatic nitrogens is 3. The summed E-state index contributed by atoms with van der Waals surface area (Å²) in [6, 6.07) is 8.29. The van der Waals surface area contributed by atoms with Crippen molar-refractivity contribution in [3.8, 4) is 5.69 Å².